The molecule has 0 atom stereocenters. The molecule has 0 unspecified atom stereocenters. The van der Waals surface area contributed by atoms with Crippen molar-refractivity contribution in [3.8, 4) is 11.4 Å². The minimum absolute atomic E-state index is 0.517. The number of hydrogen-bond acceptors (Lipinski definition) is 3. The molecule has 1 N–H and O–H groups in total. The summed E-state index contributed by atoms with van der Waals surface area (Å²) in [7, 11) is 1.67. The van der Waals surface area contributed by atoms with Crippen LogP contribution in [0.5, 0.6) is 5.75 Å². The van der Waals surface area contributed by atoms with Gasteiger partial charge in [-0.25, -0.2) is 9.67 Å². The molecule has 0 amide bonds. The van der Waals surface area contributed by atoms with Crippen molar-refractivity contribution in [1.29, 1.82) is 0 Å². The van der Waals surface area contributed by atoms with E-state index in [1.807, 2.05) is 30.3 Å². The summed E-state index contributed by atoms with van der Waals surface area (Å²) in [5.41, 5.74) is 0.968. The quantitative estimate of drug-likeness (QED) is 0.717. The van der Waals surface area contributed by atoms with E-state index in [2.05, 4.69) is 16.1 Å². The lowest BCUT2D eigenvalue weighted by Gasteiger charge is -2.06. The van der Waals surface area contributed by atoms with Crippen LogP contribution in [0.25, 0.3) is 16.5 Å². The van der Waals surface area contributed by atoms with E-state index in [1.54, 1.807) is 18.1 Å². The summed E-state index contributed by atoms with van der Waals surface area (Å²) in [6.45, 7) is 0. The lowest BCUT2D eigenvalue weighted by molar-refractivity contribution is 0.415. The highest BCUT2D eigenvalue weighted by Crippen LogP contribution is 2.23. The Kier molecular flexibility index (Phi) is 2.60. The minimum atomic E-state index is 0.517. The topological polar surface area (TPSA) is 42.8 Å². The average Bonchev–Trinajstić information content (AvgIpc) is 2.84. The number of methoxy groups -OCH3 is 1. The molecule has 0 radical (unpaired) electrons. The van der Waals surface area contributed by atoms with E-state index in [0.717, 1.165) is 22.2 Å². The Morgan fingerprint density at radius 1 is 1.17 bits per heavy atom. The fourth-order valence-electron chi connectivity index (χ4n) is 1.92. The molecule has 0 aliphatic heterocycles. The number of ether oxygens (including phenoxy) is 1. The molecular weight excluding hydrogens is 246 g/mol. The molecule has 0 aliphatic rings. The first-order chi connectivity index (χ1) is 8.78. The van der Waals surface area contributed by atoms with Gasteiger partial charge >= 0.3 is 0 Å². The van der Waals surface area contributed by atoms with Crippen molar-refractivity contribution >= 4 is 23.0 Å². The van der Waals surface area contributed by atoms with Crippen molar-refractivity contribution in [3.05, 3.63) is 47.5 Å². The Hall–Kier alpha value is -2.14. The normalized spacial score (nSPS) is 10.7. The fraction of sp³-hybridized carbons (Fsp3) is 0.0769. The molecule has 0 fully saturated rings. The van der Waals surface area contributed by atoms with Gasteiger partial charge in [-0.3, -0.25) is 5.10 Å². The highest BCUT2D eigenvalue weighted by Gasteiger charge is 2.01. The number of nitrogens with one attached hydrogen (secondary N) is 1. The minimum Gasteiger partial charge on any atom is -0.497 e. The van der Waals surface area contributed by atoms with Gasteiger partial charge in [0.25, 0.3) is 0 Å². The van der Waals surface area contributed by atoms with Gasteiger partial charge in [0.2, 0.25) is 4.77 Å². The summed E-state index contributed by atoms with van der Waals surface area (Å²) >= 11 is 5.13. The van der Waals surface area contributed by atoms with Gasteiger partial charge in [-0.05, 0) is 47.3 Å². The number of fused-ring (bicyclic) bond motifs is 1. The molecule has 0 bridgehead atoms. The molecule has 18 heavy (non-hydrogen) atoms. The van der Waals surface area contributed by atoms with Crippen LogP contribution < -0.4 is 4.74 Å². The zero-order chi connectivity index (χ0) is 12.5. The first kappa shape index (κ1) is 11.0. The molecule has 4 nitrogen and oxygen atoms in total. The maximum absolute atomic E-state index is 5.21. The standard InChI is InChI=1S/C13H11N3OS/c1-17-12-5-3-9-6-11(4-2-10(9)7-12)16-13(18)14-8-15-16/h2-8H,1H3,(H,14,15,18). The third kappa shape index (κ3) is 1.78. The van der Waals surface area contributed by atoms with Crippen LogP contribution in [0.15, 0.2) is 42.7 Å². The highest BCUT2D eigenvalue weighted by atomic mass is 32.1. The molecule has 1 heterocycles. The second-order valence-corrected chi connectivity index (χ2v) is 4.27. The predicted molar refractivity (Wildman–Crippen MR) is 72.8 cm³/mol. The van der Waals surface area contributed by atoms with Crippen LogP contribution in [0, 0.1) is 4.77 Å². The van der Waals surface area contributed by atoms with Crippen molar-refractivity contribution < 1.29 is 4.74 Å². The predicted octanol–water partition coefficient (Wildman–Crippen LogP) is 3.09. The molecule has 2 aromatic carbocycles. The van der Waals surface area contributed by atoms with Gasteiger partial charge < -0.3 is 4.74 Å². The maximum Gasteiger partial charge on any atom is 0.220 e. The van der Waals surface area contributed by atoms with Crippen LogP contribution in [-0.4, -0.2) is 21.9 Å². The molecule has 0 saturated carbocycles. The fourth-order valence-corrected chi connectivity index (χ4v) is 2.13. The zero-order valence-corrected chi connectivity index (χ0v) is 10.6. The van der Waals surface area contributed by atoms with Crippen molar-refractivity contribution in [1.82, 2.24) is 14.8 Å². The third-order valence-corrected chi connectivity index (χ3v) is 3.13. The summed E-state index contributed by atoms with van der Waals surface area (Å²) in [4.78, 5) is 4.00. The Morgan fingerprint density at radius 2 is 1.94 bits per heavy atom. The lowest BCUT2D eigenvalue weighted by atomic mass is 10.1. The Morgan fingerprint density at radius 3 is 2.67 bits per heavy atom. The number of hydrogen-bond donors (Lipinski definition) is 1. The molecule has 3 rings (SSSR count). The third-order valence-electron chi connectivity index (χ3n) is 2.84. The molecule has 90 valence electrons. The van der Waals surface area contributed by atoms with Crippen LogP contribution >= 0.6 is 12.2 Å². The summed E-state index contributed by atoms with van der Waals surface area (Å²) < 4.78 is 7.49. The van der Waals surface area contributed by atoms with Crippen LogP contribution in [0.2, 0.25) is 0 Å². The van der Waals surface area contributed by atoms with E-state index in [9.17, 15) is 0 Å². The zero-order valence-electron chi connectivity index (χ0n) is 9.75. The highest BCUT2D eigenvalue weighted by molar-refractivity contribution is 7.71. The number of nitrogens with zero attached hydrogens (tertiary/aromatic N) is 2. The van der Waals surface area contributed by atoms with Gasteiger partial charge in [0, 0.05) is 0 Å². The molecule has 0 spiro atoms. The second kappa shape index (κ2) is 4.27. The van der Waals surface area contributed by atoms with E-state index in [0.29, 0.717) is 4.77 Å². The SMILES string of the molecule is COc1ccc2cc(-n3[nH]cnc3=S)ccc2c1. The van der Waals surface area contributed by atoms with Gasteiger partial charge in [0.15, 0.2) is 0 Å². The molecule has 1 aromatic heterocycles. The van der Waals surface area contributed by atoms with E-state index < -0.39 is 0 Å². The molecule has 0 saturated heterocycles. The van der Waals surface area contributed by atoms with Crippen molar-refractivity contribution in [3.63, 3.8) is 0 Å². The Bertz CT molecular complexity index is 760. The van der Waals surface area contributed by atoms with Gasteiger partial charge in [0.05, 0.1) is 12.8 Å². The van der Waals surface area contributed by atoms with Gasteiger partial charge in [-0.1, -0.05) is 12.1 Å². The van der Waals surface area contributed by atoms with Crippen molar-refractivity contribution in [2.24, 2.45) is 0 Å². The Labute approximate surface area is 109 Å². The number of rotatable bonds is 2. The summed E-state index contributed by atoms with van der Waals surface area (Å²) in [6, 6.07) is 12.1. The van der Waals surface area contributed by atoms with Crippen molar-refractivity contribution in [2.45, 2.75) is 0 Å². The monoisotopic (exact) mass is 257 g/mol. The van der Waals surface area contributed by atoms with E-state index in [-0.39, 0.29) is 0 Å². The summed E-state index contributed by atoms with van der Waals surface area (Å²) in [5.74, 6) is 0.855. The molecule has 5 heteroatoms. The summed E-state index contributed by atoms with van der Waals surface area (Å²) in [6.07, 6.45) is 1.58. The maximum atomic E-state index is 5.21. The second-order valence-electron chi connectivity index (χ2n) is 3.90. The lowest BCUT2D eigenvalue weighted by Crippen LogP contribution is -1.95. The van der Waals surface area contributed by atoms with Gasteiger partial charge in [-0.2, -0.15) is 0 Å². The van der Waals surface area contributed by atoms with E-state index >= 15 is 0 Å². The molecular formula is C13H11N3OS. The number of benzene rings is 2. The first-order valence-electron chi connectivity index (χ1n) is 5.48. The van der Waals surface area contributed by atoms with Crippen LogP contribution in [-0.2, 0) is 0 Å². The van der Waals surface area contributed by atoms with Crippen molar-refractivity contribution in [2.75, 3.05) is 7.11 Å². The number of H-pyrrole nitrogens is 1. The van der Waals surface area contributed by atoms with Crippen LogP contribution in [0.3, 0.4) is 0 Å². The first-order valence-corrected chi connectivity index (χ1v) is 5.89. The van der Waals surface area contributed by atoms with E-state index in [1.165, 1.54) is 0 Å². The van der Waals surface area contributed by atoms with Gasteiger partial charge in [0.1, 0.15) is 12.1 Å². The number of aromatic amines is 1. The average molecular weight is 257 g/mol. The van der Waals surface area contributed by atoms with Gasteiger partial charge in [-0.15, -0.1) is 0 Å². The van der Waals surface area contributed by atoms with Crippen LogP contribution in [0.1, 0.15) is 0 Å². The summed E-state index contributed by atoms with van der Waals surface area (Å²) in [5, 5.41) is 5.24. The van der Waals surface area contributed by atoms with Crippen LogP contribution in [0.4, 0.5) is 0 Å². The molecule has 3 aromatic rings. The number of aromatic nitrogens is 3. The molecule has 0 aliphatic carbocycles. The smallest absolute Gasteiger partial charge is 0.220 e. The van der Waals surface area contributed by atoms with E-state index in [4.69, 9.17) is 17.0 Å². The largest absolute Gasteiger partial charge is 0.497 e. The Balaban J connectivity index is 2.18.